The lowest BCUT2D eigenvalue weighted by Crippen LogP contribution is -2.49. The Morgan fingerprint density at radius 2 is 2.29 bits per heavy atom. The van der Waals surface area contributed by atoms with Crippen molar-refractivity contribution in [2.75, 3.05) is 24.6 Å². The van der Waals surface area contributed by atoms with E-state index in [4.69, 9.17) is 10.6 Å². The van der Waals surface area contributed by atoms with Gasteiger partial charge in [0.15, 0.2) is 0 Å². The van der Waals surface area contributed by atoms with Crippen LogP contribution in [0.5, 0.6) is 0 Å². The fourth-order valence-corrected chi connectivity index (χ4v) is 2.34. The summed E-state index contributed by atoms with van der Waals surface area (Å²) in [6.07, 6.45) is 1.59. The standard InChI is InChI=1S/C13H21N5O3/c1-9(12(20)16-14)18-11(19)6-10(7-15-18)17-4-5-21-13(2,3)8-17/h6-7,9H,4-5,8,14H2,1-3H3,(H,16,20). The van der Waals surface area contributed by atoms with Crippen molar-refractivity contribution >= 4 is 11.6 Å². The van der Waals surface area contributed by atoms with Crippen molar-refractivity contribution in [2.45, 2.75) is 32.4 Å². The average molecular weight is 295 g/mol. The minimum Gasteiger partial charge on any atom is -0.372 e. The molecule has 0 aromatic carbocycles. The highest BCUT2D eigenvalue weighted by atomic mass is 16.5. The Hall–Kier alpha value is -1.93. The van der Waals surface area contributed by atoms with Gasteiger partial charge in [-0.1, -0.05) is 0 Å². The van der Waals surface area contributed by atoms with Crippen molar-refractivity contribution in [1.29, 1.82) is 0 Å². The summed E-state index contributed by atoms with van der Waals surface area (Å²) in [5.74, 6) is 4.60. The number of aromatic nitrogens is 2. The second-order valence-electron chi connectivity index (χ2n) is 5.71. The van der Waals surface area contributed by atoms with Crippen molar-refractivity contribution in [3.05, 3.63) is 22.6 Å². The van der Waals surface area contributed by atoms with Crippen LogP contribution in [0.3, 0.4) is 0 Å². The van der Waals surface area contributed by atoms with Crippen LogP contribution in [0.15, 0.2) is 17.1 Å². The first-order chi connectivity index (χ1) is 9.84. The van der Waals surface area contributed by atoms with Crippen molar-refractivity contribution in [1.82, 2.24) is 15.2 Å². The predicted molar refractivity (Wildman–Crippen MR) is 77.8 cm³/mol. The normalized spacial score (nSPS) is 19.1. The molecule has 1 unspecified atom stereocenters. The lowest BCUT2D eigenvalue weighted by atomic mass is 10.1. The van der Waals surface area contributed by atoms with Gasteiger partial charge < -0.3 is 9.64 Å². The molecule has 2 rings (SSSR count). The monoisotopic (exact) mass is 295 g/mol. The summed E-state index contributed by atoms with van der Waals surface area (Å²) in [6, 6.07) is 0.729. The first-order valence-corrected chi connectivity index (χ1v) is 6.82. The Morgan fingerprint density at radius 3 is 2.86 bits per heavy atom. The molecule has 0 aliphatic carbocycles. The van der Waals surface area contributed by atoms with Crippen LogP contribution in [0.25, 0.3) is 0 Å². The van der Waals surface area contributed by atoms with Crippen molar-refractivity contribution in [2.24, 2.45) is 5.84 Å². The van der Waals surface area contributed by atoms with Crippen molar-refractivity contribution in [3.8, 4) is 0 Å². The van der Waals surface area contributed by atoms with Gasteiger partial charge in [0.05, 0.1) is 24.1 Å². The van der Waals surface area contributed by atoms with E-state index in [-0.39, 0.29) is 11.2 Å². The van der Waals surface area contributed by atoms with Crippen molar-refractivity contribution < 1.29 is 9.53 Å². The average Bonchev–Trinajstić information content (AvgIpc) is 2.44. The van der Waals surface area contributed by atoms with Crippen LogP contribution in [-0.2, 0) is 9.53 Å². The minimum atomic E-state index is -0.752. The number of nitrogens with two attached hydrogens (primary N) is 1. The molecule has 8 nitrogen and oxygen atoms in total. The molecule has 21 heavy (non-hydrogen) atoms. The third kappa shape index (κ3) is 3.40. The van der Waals surface area contributed by atoms with E-state index in [2.05, 4.69) is 10.00 Å². The molecular formula is C13H21N5O3. The van der Waals surface area contributed by atoms with Gasteiger partial charge in [0.1, 0.15) is 6.04 Å². The number of amides is 1. The molecule has 3 N–H and O–H groups in total. The highest BCUT2D eigenvalue weighted by Gasteiger charge is 2.28. The van der Waals surface area contributed by atoms with Crippen LogP contribution in [0.1, 0.15) is 26.8 Å². The molecule has 1 atom stereocenters. The maximum absolute atomic E-state index is 12.1. The van der Waals surface area contributed by atoms with Gasteiger partial charge in [0.25, 0.3) is 11.5 Å². The van der Waals surface area contributed by atoms with Gasteiger partial charge >= 0.3 is 0 Å². The third-order valence-electron chi connectivity index (χ3n) is 3.49. The number of carbonyl (C=O) groups is 1. The summed E-state index contributed by atoms with van der Waals surface area (Å²) in [6.45, 7) is 7.55. The summed E-state index contributed by atoms with van der Waals surface area (Å²) < 4.78 is 6.75. The molecular weight excluding hydrogens is 274 g/mol. The number of anilines is 1. The molecule has 0 spiro atoms. The number of ether oxygens (including phenoxy) is 1. The molecule has 2 heterocycles. The van der Waals surface area contributed by atoms with E-state index in [9.17, 15) is 9.59 Å². The Bertz CT molecular complexity index is 583. The van der Waals surface area contributed by atoms with E-state index in [1.165, 1.54) is 6.07 Å². The molecule has 1 amide bonds. The van der Waals surface area contributed by atoms with Gasteiger partial charge in [-0.15, -0.1) is 0 Å². The Kier molecular flexibility index (Phi) is 4.29. The fourth-order valence-electron chi connectivity index (χ4n) is 2.34. The molecule has 1 aromatic heterocycles. The smallest absolute Gasteiger partial charge is 0.269 e. The third-order valence-corrected chi connectivity index (χ3v) is 3.49. The summed E-state index contributed by atoms with van der Waals surface area (Å²) in [4.78, 5) is 25.7. The summed E-state index contributed by atoms with van der Waals surface area (Å²) in [7, 11) is 0. The highest BCUT2D eigenvalue weighted by Crippen LogP contribution is 2.21. The van der Waals surface area contributed by atoms with Gasteiger partial charge in [0, 0.05) is 19.2 Å². The van der Waals surface area contributed by atoms with Crippen LogP contribution in [0.2, 0.25) is 0 Å². The number of morpholine rings is 1. The number of hydrazine groups is 1. The van der Waals surface area contributed by atoms with E-state index in [0.29, 0.717) is 19.7 Å². The Morgan fingerprint density at radius 1 is 1.57 bits per heavy atom. The van der Waals surface area contributed by atoms with Gasteiger partial charge in [-0.3, -0.25) is 15.0 Å². The molecule has 1 aliphatic rings. The first-order valence-electron chi connectivity index (χ1n) is 6.82. The quantitative estimate of drug-likeness (QED) is 0.439. The van der Waals surface area contributed by atoms with Crippen LogP contribution in [0.4, 0.5) is 5.69 Å². The number of hydrogen-bond donors (Lipinski definition) is 2. The SMILES string of the molecule is CC(C(=O)NN)n1ncc(N2CCOC(C)(C)C2)cc1=O. The highest BCUT2D eigenvalue weighted by molar-refractivity contribution is 5.79. The molecule has 0 bridgehead atoms. The Labute approximate surface area is 122 Å². The van der Waals surface area contributed by atoms with E-state index >= 15 is 0 Å². The van der Waals surface area contributed by atoms with Gasteiger partial charge in [-0.05, 0) is 20.8 Å². The summed E-state index contributed by atoms with van der Waals surface area (Å²) in [5.41, 5.74) is 2.14. The zero-order valence-electron chi connectivity index (χ0n) is 12.5. The number of hydrogen-bond acceptors (Lipinski definition) is 6. The lowest BCUT2D eigenvalue weighted by Gasteiger charge is -2.39. The maximum Gasteiger partial charge on any atom is 0.269 e. The van der Waals surface area contributed by atoms with Crippen molar-refractivity contribution in [3.63, 3.8) is 0 Å². The first kappa shape index (κ1) is 15.5. The van der Waals surface area contributed by atoms with E-state index in [1.54, 1.807) is 13.1 Å². The molecule has 0 saturated carbocycles. The predicted octanol–water partition coefficient (Wildman–Crippen LogP) is -0.591. The molecule has 116 valence electrons. The largest absolute Gasteiger partial charge is 0.372 e. The number of carbonyl (C=O) groups excluding carboxylic acids is 1. The maximum atomic E-state index is 12.1. The van der Waals surface area contributed by atoms with Crippen LogP contribution in [-0.4, -0.2) is 41.0 Å². The lowest BCUT2D eigenvalue weighted by molar-refractivity contribution is -0.124. The number of nitrogens with zero attached hydrogens (tertiary/aromatic N) is 3. The van der Waals surface area contributed by atoms with Crippen LogP contribution >= 0.6 is 0 Å². The zero-order chi connectivity index (χ0) is 15.6. The topological polar surface area (TPSA) is 102 Å². The Balaban J connectivity index is 2.23. The second-order valence-corrected chi connectivity index (χ2v) is 5.71. The number of rotatable bonds is 3. The molecule has 1 fully saturated rings. The molecule has 1 saturated heterocycles. The summed E-state index contributed by atoms with van der Waals surface area (Å²) >= 11 is 0. The summed E-state index contributed by atoms with van der Waals surface area (Å²) in [5, 5.41) is 4.08. The molecule has 0 radical (unpaired) electrons. The van der Waals surface area contributed by atoms with Gasteiger partial charge in [0.2, 0.25) is 0 Å². The second kappa shape index (κ2) is 5.82. The minimum absolute atomic E-state index is 0.264. The molecule has 1 aromatic rings. The number of nitrogens with one attached hydrogen (secondary N) is 1. The fraction of sp³-hybridized carbons (Fsp3) is 0.615. The molecule has 8 heteroatoms. The zero-order valence-corrected chi connectivity index (χ0v) is 12.5. The van der Waals surface area contributed by atoms with E-state index < -0.39 is 11.9 Å². The van der Waals surface area contributed by atoms with Crippen LogP contribution in [0, 0.1) is 0 Å². The molecule has 1 aliphatic heterocycles. The van der Waals surface area contributed by atoms with Gasteiger partial charge in [-0.25, -0.2) is 10.5 Å². The van der Waals surface area contributed by atoms with E-state index in [1.807, 2.05) is 19.3 Å². The van der Waals surface area contributed by atoms with E-state index in [0.717, 1.165) is 10.4 Å². The van der Waals surface area contributed by atoms with Crippen LogP contribution < -0.4 is 21.7 Å². The van der Waals surface area contributed by atoms with Gasteiger partial charge in [-0.2, -0.15) is 5.10 Å².